The van der Waals surface area contributed by atoms with Gasteiger partial charge in [0.1, 0.15) is 0 Å². The summed E-state index contributed by atoms with van der Waals surface area (Å²) in [6, 6.07) is 0.595. The van der Waals surface area contributed by atoms with E-state index in [4.69, 9.17) is 5.11 Å². The van der Waals surface area contributed by atoms with Gasteiger partial charge in [-0.15, -0.1) is 0 Å². The number of nitrogens with zero attached hydrogens (tertiary/aromatic N) is 1. The summed E-state index contributed by atoms with van der Waals surface area (Å²) in [7, 11) is 0. The minimum atomic E-state index is -0.359. The monoisotopic (exact) mass is 285 g/mol. The Morgan fingerprint density at radius 3 is 2.75 bits per heavy atom. The maximum atomic E-state index is 11.4. The molecule has 1 fully saturated rings. The van der Waals surface area contributed by atoms with Crippen molar-refractivity contribution in [1.82, 2.24) is 15.5 Å². The van der Waals surface area contributed by atoms with Gasteiger partial charge in [-0.3, -0.25) is 0 Å². The van der Waals surface area contributed by atoms with Crippen LogP contribution in [0.1, 0.15) is 52.4 Å². The molecule has 5 nitrogen and oxygen atoms in total. The number of piperidine rings is 1. The van der Waals surface area contributed by atoms with Crippen LogP contribution in [0, 0.1) is 0 Å². The van der Waals surface area contributed by atoms with Crippen LogP contribution in [0.4, 0.5) is 4.79 Å². The third-order valence-electron chi connectivity index (χ3n) is 3.95. The molecular formula is C15H31N3O2. The van der Waals surface area contributed by atoms with Crippen LogP contribution in [0.2, 0.25) is 0 Å². The lowest BCUT2D eigenvalue weighted by molar-refractivity contribution is 0.158. The Bertz CT molecular complexity index is 272. The highest BCUT2D eigenvalue weighted by Gasteiger charge is 2.16. The number of nitrogens with one attached hydrogen (secondary N) is 2. The molecule has 0 aromatic carbocycles. The molecule has 118 valence electrons. The number of carbonyl (C=O) groups excluding carboxylic acids is 1. The van der Waals surface area contributed by atoms with E-state index in [0.29, 0.717) is 13.0 Å². The fourth-order valence-corrected chi connectivity index (χ4v) is 2.59. The van der Waals surface area contributed by atoms with E-state index in [2.05, 4.69) is 22.5 Å². The van der Waals surface area contributed by atoms with Crippen molar-refractivity contribution in [3.05, 3.63) is 0 Å². The number of likely N-dealkylation sites (tertiary alicyclic amines) is 1. The van der Waals surface area contributed by atoms with Crippen molar-refractivity contribution in [2.45, 2.75) is 64.5 Å². The number of aliphatic hydroxyl groups excluding tert-OH is 1. The van der Waals surface area contributed by atoms with E-state index in [1.54, 1.807) is 6.92 Å². The molecule has 1 aliphatic rings. The van der Waals surface area contributed by atoms with Gasteiger partial charge in [0.2, 0.25) is 0 Å². The van der Waals surface area contributed by atoms with Crippen molar-refractivity contribution < 1.29 is 9.90 Å². The fourth-order valence-electron chi connectivity index (χ4n) is 2.59. The molecule has 5 heteroatoms. The summed E-state index contributed by atoms with van der Waals surface area (Å²) in [5.74, 6) is 0. The summed E-state index contributed by atoms with van der Waals surface area (Å²) < 4.78 is 0. The number of hydrogen-bond acceptors (Lipinski definition) is 3. The van der Waals surface area contributed by atoms with Crippen LogP contribution in [-0.2, 0) is 0 Å². The van der Waals surface area contributed by atoms with E-state index in [9.17, 15) is 4.79 Å². The number of rotatable bonds is 8. The van der Waals surface area contributed by atoms with Crippen molar-refractivity contribution in [3.8, 4) is 0 Å². The number of hydrogen-bond donors (Lipinski definition) is 3. The first-order valence-corrected chi connectivity index (χ1v) is 8.03. The van der Waals surface area contributed by atoms with E-state index in [1.807, 2.05) is 0 Å². The van der Waals surface area contributed by atoms with Crippen molar-refractivity contribution in [2.24, 2.45) is 0 Å². The molecule has 1 saturated heterocycles. The van der Waals surface area contributed by atoms with Crippen LogP contribution in [0.5, 0.6) is 0 Å². The normalized spacial score (nSPS) is 21.4. The van der Waals surface area contributed by atoms with Crippen LogP contribution in [0.15, 0.2) is 0 Å². The second kappa shape index (κ2) is 10.00. The molecule has 3 N–H and O–H groups in total. The summed E-state index contributed by atoms with van der Waals surface area (Å²) in [5, 5.41) is 14.7. The van der Waals surface area contributed by atoms with Gasteiger partial charge in [-0.1, -0.05) is 6.42 Å². The third-order valence-corrected chi connectivity index (χ3v) is 3.95. The molecule has 0 aromatic heterocycles. The Morgan fingerprint density at radius 1 is 1.30 bits per heavy atom. The summed E-state index contributed by atoms with van der Waals surface area (Å²) >= 11 is 0. The summed E-state index contributed by atoms with van der Waals surface area (Å²) in [6.45, 7) is 7.66. The number of amides is 2. The molecule has 2 unspecified atom stereocenters. The molecule has 0 spiro atoms. The molecule has 0 aromatic rings. The fraction of sp³-hybridized carbons (Fsp3) is 0.933. The molecule has 1 heterocycles. The zero-order valence-corrected chi connectivity index (χ0v) is 13.0. The lowest BCUT2D eigenvalue weighted by atomic mass is 10.0. The maximum Gasteiger partial charge on any atom is 0.314 e. The van der Waals surface area contributed by atoms with Crippen LogP contribution in [-0.4, -0.2) is 54.4 Å². The molecular weight excluding hydrogens is 254 g/mol. The van der Waals surface area contributed by atoms with Gasteiger partial charge in [-0.05, 0) is 59.0 Å². The molecule has 0 radical (unpaired) electrons. The smallest absolute Gasteiger partial charge is 0.314 e. The Hall–Kier alpha value is -0.810. The number of aliphatic hydroxyl groups is 1. The highest BCUT2D eigenvalue weighted by Crippen LogP contribution is 2.16. The van der Waals surface area contributed by atoms with Crippen LogP contribution in [0.3, 0.4) is 0 Å². The van der Waals surface area contributed by atoms with Crippen molar-refractivity contribution in [3.63, 3.8) is 0 Å². The zero-order valence-electron chi connectivity index (χ0n) is 13.0. The van der Waals surface area contributed by atoms with Gasteiger partial charge in [0.05, 0.1) is 6.10 Å². The summed E-state index contributed by atoms with van der Waals surface area (Å²) in [5.41, 5.74) is 0. The zero-order chi connectivity index (χ0) is 14.8. The average Bonchev–Trinajstić information content (AvgIpc) is 2.40. The first-order valence-electron chi connectivity index (χ1n) is 8.03. The predicted molar refractivity (Wildman–Crippen MR) is 81.8 cm³/mol. The topological polar surface area (TPSA) is 64.6 Å². The number of urea groups is 1. The number of carbonyl (C=O) groups is 1. The van der Waals surface area contributed by atoms with Crippen LogP contribution in [0.25, 0.3) is 0 Å². The van der Waals surface area contributed by atoms with E-state index in [-0.39, 0.29) is 12.1 Å². The van der Waals surface area contributed by atoms with E-state index in [0.717, 1.165) is 32.0 Å². The molecule has 1 aliphatic heterocycles. The van der Waals surface area contributed by atoms with Crippen molar-refractivity contribution in [2.75, 3.05) is 26.2 Å². The Kier molecular flexibility index (Phi) is 8.62. The molecule has 20 heavy (non-hydrogen) atoms. The molecule has 0 aliphatic carbocycles. The lowest BCUT2D eigenvalue weighted by Crippen LogP contribution is -2.39. The lowest BCUT2D eigenvalue weighted by Gasteiger charge is -2.33. The van der Waals surface area contributed by atoms with Gasteiger partial charge in [0.15, 0.2) is 0 Å². The van der Waals surface area contributed by atoms with Gasteiger partial charge in [-0.2, -0.15) is 0 Å². The van der Waals surface area contributed by atoms with E-state index >= 15 is 0 Å². The summed E-state index contributed by atoms with van der Waals surface area (Å²) in [4.78, 5) is 14.0. The van der Waals surface area contributed by atoms with E-state index < -0.39 is 0 Å². The maximum absolute atomic E-state index is 11.4. The third kappa shape index (κ3) is 7.70. The molecule has 0 bridgehead atoms. The van der Waals surface area contributed by atoms with E-state index in [1.165, 1.54) is 25.8 Å². The average molecular weight is 285 g/mol. The predicted octanol–water partition coefficient (Wildman–Crippen LogP) is 1.71. The Labute approximate surface area is 123 Å². The molecule has 2 atom stereocenters. The van der Waals surface area contributed by atoms with Crippen molar-refractivity contribution in [1.29, 1.82) is 0 Å². The highest BCUT2D eigenvalue weighted by molar-refractivity contribution is 5.73. The standard InChI is InChI=1S/C15H31N3O2/c1-13-7-3-5-11-18(13)12-6-4-9-16-15(20)17-10-8-14(2)19/h13-14,19H,3-12H2,1-2H3,(H2,16,17,20). The Morgan fingerprint density at radius 2 is 2.05 bits per heavy atom. The van der Waals surface area contributed by atoms with Crippen LogP contribution < -0.4 is 10.6 Å². The molecule has 0 saturated carbocycles. The highest BCUT2D eigenvalue weighted by atomic mass is 16.3. The minimum Gasteiger partial charge on any atom is -0.393 e. The largest absolute Gasteiger partial charge is 0.393 e. The quantitative estimate of drug-likeness (QED) is 0.595. The van der Waals surface area contributed by atoms with Gasteiger partial charge in [0, 0.05) is 19.1 Å². The van der Waals surface area contributed by atoms with Gasteiger partial charge >= 0.3 is 6.03 Å². The summed E-state index contributed by atoms with van der Waals surface area (Å²) in [6.07, 6.45) is 6.41. The first kappa shape index (κ1) is 17.2. The van der Waals surface area contributed by atoms with Crippen LogP contribution >= 0.6 is 0 Å². The second-order valence-electron chi connectivity index (χ2n) is 5.91. The molecule has 2 amide bonds. The SMILES string of the molecule is CC(O)CCNC(=O)NCCCCN1CCCCC1C. The second-order valence-corrected chi connectivity index (χ2v) is 5.91. The van der Waals surface area contributed by atoms with Crippen molar-refractivity contribution >= 4 is 6.03 Å². The minimum absolute atomic E-state index is 0.128. The van der Waals surface area contributed by atoms with Gasteiger partial charge in [-0.25, -0.2) is 4.79 Å². The van der Waals surface area contributed by atoms with Gasteiger partial charge < -0.3 is 20.6 Å². The Balaban J connectivity index is 1.94. The molecule has 1 rings (SSSR count). The number of unbranched alkanes of at least 4 members (excludes halogenated alkanes) is 1. The first-order chi connectivity index (χ1) is 9.59. The van der Waals surface area contributed by atoms with Gasteiger partial charge in [0.25, 0.3) is 0 Å².